The lowest BCUT2D eigenvalue weighted by Gasteiger charge is -2.32. The number of amides is 1. The first-order chi connectivity index (χ1) is 7.59. The van der Waals surface area contributed by atoms with E-state index < -0.39 is 0 Å². The van der Waals surface area contributed by atoms with E-state index in [0.717, 1.165) is 31.0 Å². The van der Waals surface area contributed by atoms with Gasteiger partial charge in [-0.15, -0.1) is 12.4 Å². The van der Waals surface area contributed by atoms with Crippen LogP contribution in [0.3, 0.4) is 0 Å². The van der Waals surface area contributed by atoms with E-state index in [9.17, 15) is 4.79 Å². The van der Waals surface area contributed by atoms with Crippen LogP contribution < -0.4 is 5.32 Å². The fourth-order valence-corrected chi connectivity index (χ4v) is 2.11. The van der Waals surface area contributed by atoms with E-state index in [4.69, 9.17) is 0 Å². The van der Waals surface area contributed by atoms with Gasteiger partial charge in [0.05, 0.1) is 0 Å². The normalized spacial score (nSPS) is 19.9. The van der Waals surface area contributed by atoms with E-state index in [2.05, 4.69) is 12.2 Å². The summed E-state index contributed by atoms with van der Waals surface area (Å²) in [6.45, 7) is 6.60. The Balaban J connectivity index is 0.00000144. The van der Waals surface area contributed by atoms with Crippen molar-refractivity contribution in [3.05, 3.63) is 23.5 Å². The Bertz CT molecular complexity index is 402. The fraction of sp³-hybridized carbons (Fsp3) is 0.583. The molecule has 1 unspecified atom stereocenters. The standard InChI is InChI=1S/C12H19N3O.ClH/c1-9-8-15(7-6-13-9)12(16)11-5-4-10(2)14(11)3;/h4-5,9,13H,6-8H2,1-3H3;1H. The molecule has 4 nitrogen and oxygen atoms in total. The third-order valence-electron chi connectivity index (χ3n) is 3.25. The number of aromatic nitrogens is 1. The molecule has 0 aliphatic carbocycles. The molecule has 1 saturated heterocycles. The summed E-state index contributed by atoms with van der Waals surface area (Å²) in [6, 6.07) is 4.28. The molecule has 2 heterocycles. The van der Waals surface area contributed by atoms with Gasteiger partial charge in [0.1, 0.15) is 5.69 Å². The Morgan fingerprint density at radius 3 is 2.71 bits per heavy atom. The van der Waals surface area contributed by atoms with Crippen LogP contribution in [-0.4, -0.2) is 41.1 Å². The van der Waals surface area contributed by atoms with Gasteiger partial charge in [0.25, 0.3) is 5.91 Å². The predicted molar refractivity (Wildman–Crippen MR) is 70.8 cm³/mol. The van der Waals surface area contributed by atoms with E-state index in [1.54, 1.807) is 0 Å². The molecule has 0 aromatic carbocycles. The maximum absolute atomic E-state index is 12.3. The number of nitrogens with one attached hydrogen (secondary N) is 1. The maximum Gasteiger partial charge on any atom is 0.270 e. The van der Waals surface area contributed by atoms with Crippen molar-refractivity contribution in [3.8, 4) is 0 Å². The number of piperazine rings is 1. The van der Waals surface area contributed by atoms with E-state index in [1.165, 1.54) is 0 Å². The summed E-state index contributed by atoms with van der Waals surface area (Å²) < 4.78 is 1.95. The molecule has 1 aromatic heterocycles. The zero-order valence-electron chi connectivity index (χ0n) is 10.6. The predicted octanol–water partition coefficient (Wildman–Crippen LogP) is 1.19. The molecule has 1 aromatic rings. The van der Waals surface area contributed by atoms with Crippen LogP contribution in [-0.2, 0) is 7.05 Å². The average molecular weight is 258 g/mol. The number of aryl methyl sites for hydroxylation is 1. The molecule has 0 saturated carbocycles. The second-order valence-corrected chi connectivity index (χ2v) is 4.53. The largest absolute Gasteiger partial charge is 0.344 e. The van der Waals surface area contributed by atoms with Crippen LogP contribution in [0, 0.1) is 6.92 Å². The van der Waals surface area contributed by atoms with Crippen LogP contribution in [0.15, 0.2) is 12.1 Å². The van der Waals surface area contributed by atoms with Gasteiger partial charge in [-0.25, -0.2) is 0 Å². The van der Waals surface area contributed by atoms with Gasteiger partial charge in [0.15, 0.2) is 0 Å². The first-order valence-electron chi connectivity index (χ1n) is 5.74. The van der Waals surface area contributed by atoms with Crippen LogP contribution in [0.1, 0.15) is 23.1 Å². The summed E-state index contributed by atoms with van der Waals surface area (Å²) in [6.07, 6.45) is 0. The Morgan fingerprint density at radius 2 is 2.18 bits per heavy atom. The monoisotopic (exact) mass is 257 g/mol. The first kappa shape index (κ1) is 14.1. The molecule has 96 valence electrons. The van der Waals surface area contributed by atoms with E-state index >= 15 is 0 Å². The Kier molecular flexibility index (Phi) is 4.60. The topological polar surface area (TPSA) is 37.3 Å². The third kappa shape index (κ3) is 2.82. The summed E-state index contributed by atoms with van der Waals surface area (Å²) in [5.74, 6) is 0.143. The highest BCUT2D eigenvalue weighted by Gasteiger charge is 2.23. The summed E-state index contributed by atoms with van der Waals surface area (Å²) in [4.78, 5) is 14.2. The highest BCUT2D eigenvalue weighted by Crippen LogP contribution is 2.10. The van der Waals surface area contributed by atoms with Crippen molar-refractivity contribution in [3.63, 3.8) is 0 Å². The number of nitrogens with zero attached hydrogens (tertiary/aromatic N) is 2. The van der Waals surface area contributed by atoms with Gasteiger partial charge in [-0.05, 0) is 26.0 Å². The van der Waals surface area contributed by atoms with Crippen molar-refractivity contribution in [2.45, 2.75) is 19.9 Å². The van der Waals surface area contributed by atoms with Gasteiger partial charge >= 0.3 is 0 Å². The molecule has 0 spiro atoms. The molecule has 2 rings (SSSR count). The van der Waals surface area contributed by atoms with Gasteiger partial charge in [-0.2, -0.15) is 0 Å². The van der Waals surface area contributed by atoms with Crippen molar-refractivity contribution >= 4 is 18.3 Å². The van der Waals surface area contributed by atoms with Gasteiger partial charge < -0.3 is 14.8 Å². The molecular formula is C12H20ClN3O. The molecule has 0 radical (unpaired) electrons. The van der Waals surface area contributed by atoms with E-state index in [1.807, 2.05) is 35.6 Å². The lowest BCUT2D eigenvalue weighted by atomic mass is 10.2. The minimum absolute atomic E-state index is 0. The van der Waals surface area contributed by atoms with Crippen LogP contribution in [0.2, 0.25) is 0 Å². The van der Waals surface area contributed by atoms with E-state index in [-0.39, 0.29) is 18.3 Å². The number of rotatable bonds is 1. The van der Waals surface area contributed by atoms with Crippen molar-refractivity contribution in [1.82, 2.24) is 14.8 Å². The Labute approximate surface area is 108 Å². The third-order valence-corrected chi connectivity index (χ3v) is 3.25. The molecule has 1 fully saturated rings. The summed E-state index contributed by atoms with van der Waals surface area (Å²) >= 11 is 0. The van der Waals surface area contributed by atoms with Gasteiger partial charge in [-0.3, -0.25) is 4.79 Å². The van der Waals surface area contributed by atoms with Crippen LogP contribution in [0.25, 0.3) is 0 Å². The zero-order chi connectivity index (χ0) is 11.7. The average Bonchev–Trinajstić information content (AvgIpc) is 2.59. The maximum atomic E-state index is 12.3. The molecule has 1 N–H and O–H groups in total. The zero-order valence-corrected chi connectivity index (χ0v) is 11.4. The van der Waals surface area contributed by atoms with Crippen molar-refractivity contribution in [2.24, 2.45) is 7.05 Å². The highest BCUT2D eigenvalue weighted by atomic mass is 35.5. The number of hydrogen-bond donors (Lipinski definition) is 1. The van der Waals surface area contributed by atoms with Crippen molar-refractivity contribution in [1.29, 1.82) is 0 Å². The van der Waals surface area contributed by atoms with E-state index in [0.29, 0.717) is 6.04 Å². The van der Waals surface area contributed by atoms with Crippen LogP contribution in [0.4, 0.5) is 0 Å². The van der Waals surface area contributed by atoms with Crippen LogP contribution >= 0.6 is 12.4 Å². The molecule has 1 aliphatic heterocycles. The summed E-state index contributed by atoms with van der Waals surface area (Å²) in [5, 5.41) is 3.34. The minimum Gasteiger partial charge on any atom is -0.344 e. The van der Waals surface area contributed by atoms with Crippen molar-refractivity contribution in [2.75, 3.05) is 19.6 Å². The smallest absolute Gasteiger partial charge is 0.270 e. The Hall–Kier alpha value is -1.00. The molecule has 1 atom stereocenters. The molecule has 17 heavy (non-hydrogen) atoms. The highest BCUT2D eigenvalue weighted by molar-refractivity contribution is 5.93. The second kappa shape index (κ2) is 5.56. The fourth-order valence-electron chi connectivity index (χ4n) is 2.11. The quantitative estimate of drug-likeness (QED) is 0.821. The first-order valence-corrected chi connectivity index (χ1v) is 5.74. The van der Waals surface area contributed by atoms with Gasteiger partial charge in [0, 0.05) is 38.4 Å². The number of halogens is 1. The molecule has 5 heteroatoms. The number of hydrogen-bond acceptors (Lipinski definition) is 2. The molecule has 1 amide bonds. The van der Waals surface area contributed by atoms with Gasteiger partial charge in [0.2, 0.25) is 0 Å². The lowest BCUT2D eigenvalue weighted by Crippen LogP contribution is -2.51. The molecule has 0 bridgehead atoms. The summed E-state index contributed by atoms with van der Waals surface area (Å²) in [5.41, 5.74) is 1.90. The lowest BCUT2D eigenvalue weighted by molar-refractivity contribution is 0.0699. The van der Waals surface area contributed by atoms with Crippen LogP contribution in [0.5, 0.6) is 0 Å². The number of carbonyl (C=O) groups excluding carboxylic acids is 1. The summed E-state index contributed by atoms with van der Waals surface area (Å²) in [7, 11) is 1.94. The molecule has 1 aliphatic rings. The number of carbonyl (C=O) groups is 1. The van der Waals surface area contributed by atoms with Crippen molar-refractivity contribution < 1.29 is 4.79 Å². The second-order valence-electron chi connectivity index (χ2n) is 4.53. The SMILES string of the molecule is Cc1ccc(C(=O)N2CCNC(C)C2)n1C.Cl. The minimum atomic E-state index is 0. The Morgan fingerprint density at radius 1 is 1.47 bits per heavy atom. The molecular weight excluding hydrogens is 238 g/mol. The van der Waals surface area contributed by atoms with Gasteiger partial charge in [-0.1, -0.05) is 0 Å².